The highest BCUT2D eigenvalue weighted by molar-refractivity contribution is 5.94. The van der Waals surface area contributed by atoms with Crippen molar-refractivity contribution in [2.24, 2.45) is 11.7 Å². The summed E-state index contributed by atoms with van der Waals surface area (Å²) in [5.41, 5.74) is 7.89. The Morgan fingerprint density at radius 3 is 2.68 bits per heavy atom. The molecule has 0 aliphatic rings. The van der Waals surface area contributed by atoms with Crippen molar-refractivity contribution in [2.45, 2.75) is 32.9 Å². The lowest BCUT2D eigenvalue weighted by atomic mass is 9.99. The van der Waals surface area contributed by atoms with Gasteiger partial charge in [0.25, 0.3) is 0 Å². The van der Waals surface area contributed by atoms with E-state index in [1.165, 1.54) is 5.56 Å². The molecule has 0 radical (unpaired) electrons. The van der Waals surface area contributed by atoms with E-state index in [2.05, 4.69) is 10.2 Å². The first-order valence-corrected chi connectivity index (χ1v) is 6.74. The zero-order valence-electron chi connectivity index (χ0n) is 12.3. The van der Waals surface area contributed by atoms with Crippen molar-refractivity contribution in [3.8, 4) is 0 Å². The summed E-state index contributed by atoms with van der Waals surface area (Å²) in [6.07, 6.45) is 0.898. The van der Waals surface area contributed by atoms with Crippen molar-refractivity contribution in [1.82, 2.24) is 4.90 Å². The molecule has 0 spiro atoms. The molecule has 106 valence electrons. The molecule has 0 aliphatic carbocycles. The maximum atomic E-state index is 12.0. The summed E-state index contributed by atoms with van der Waals surface area (Å²) in [7, 11) is 4.04. The SMILES string of the molecule is CC[C@H](C)[C@H](N)C(=O)Nc1cccc(CN(C)C)c1. The van der Waals surface area contributed by atoms with Crippen LogP contribution in [0.3, 0.4) is 0 Å². The molecular weight excluding hydrogens is 238 g/mol. The zero-order valence-corrected chi connectivity index (χ0v) is 12.3. The van der Waals surface area contributed by atoms with Crippen molar-refractivity contribution < 1.29 is 4.79 Å². The Morgan fingerprint density at radius 2 is 2.11 bits per heavy atom. The summed E-state index contributed by atoms with van der Waals surface area (Å²) >= 11 is 0. The molecule has 2 atom stereocenters. The number of hydrogen-bond acceptors (Lipinski definition) is 3. The quantitative estimate of drug-likeness (QED) is 0.826. The first-order chi connectivity index (χ1) is 8.93. The fraction of sp³-hybridized carbons (Fsp3) is 0.533. The van der Waals surface area contributed by atoms with Crippen LogP contribution in [0.5, 0.6) is 0 Å². The van der Waals surface area contributed by atoms with E-state index in [0.717, 1.165) is 18.7 Å². The lowest BCUT2D eigenvalue weighted by Gasteiger charge is -2.18. The van der Waals surface area contributed by atoms with E-state index in [1.54, 1.807) is 0 Å². The summed E-state index contributed by atoms with van der Waals surface area (Å²) in [6, 6.07) is 7.41. The molecule has 1 rings (SSSR count). The van der Waals surface area contributed by atoms with Crippen LogP contribution < -0.4 is 11.1 Å². The number of amides is 1. The topological polar surface area (TPSA) is 58.4 Å². The van der Waals surface area contributed by atoms with Crippen LogP contribution in [-0.4, -0.2) is 30.9 Å². The van der Waals surface area contributed by atoms with Crippen LogP contribution in [0.15, 0.2) is 24.3 Å². The van der Waals surface area contributed by atoms with Crippen molar-refractivity contribution in [1.29, 1.82) is 0 Å². The number of carbonyl (C=O) groups excluding carboxylic acids is 1. The molecule has 0 fully saturated rings. The number of nitrogens with two attached hydrogens (primary N) is 1. The van der Waals surface area contributed by atoms with Gasteiger partial charge in [0.1, 0.15) is 0 Å². The van der Waals surface area contributed by atoms with Crippen LogP contribution in [-0.2, 0) is 11.3 Å². The third-order valence-electron chi connectivity index (χ3n) is 3.25. The number of rotatable bonds is 6. The standard InChI is InChI=1S/C15H25N3O/c1-5-11(2)14(16)15(19)17-13-8-6-7-12(9-13)10-18(3)4/h6-9,11,14H,5,10,16H2,1-4H3,(H,17,19)/t11-,14-/m0/s1. The number of nitrogens with one attached hydrogen (secondary N) is 1. The number of carbonyl (C=O) groups is 1. The highest BCUT2D eigenvalue weighted by Gasteiger charge is 2.19. The first-order valence-electron chi connectivity index (χ1n) is 6.74. The lowest BCUT2D eigenvalue weighted by molar-refractivity contribution is -0.118. The third-order valence-corrected chi connectivity index (χ3v) is 3.25. The van der Waals surface area contributed by atoms with Crippen LogP contribution in [0.2, 0.25) is 0 Å². The van der Waals surface area contributed by atoms with Gasteiger partial charge in [-0.15, -0.1) is 0 Å². The average Bonchev–Trinajstić information content (AvgIpc) is 2.36. The molecule has 19 heavy (non-hydrogen) atoms. The van der Waals surface area contributed by atoms with Crippen molar-refractivity contribution >= 4 is 11.6 Å². The van der Waals surface area contributed by atoms with Gasteiger partial charge < -0.3 is 16.0 Å². The minimum Gasteiger partial charge on any atom is -0.325 e. The van der Waals surface area contributed by atoms with Gasteiger partial charge >= 0.3 is 0 Å². The third kappa shape index (κ3) is 5.01. The van der Waals surface area contributed by atoms with Gasteiger partial charge in [-0.1, -0.05) is 32.4 Å². The molecule has 0 aliphatic heterocycles. The van der Waals surface area contributed by atoms with Crippen LogP contribution in [0, 0.1) is 5.92 Å². The molecule has 0 bridgehead atoms. The Hall–Kier alpha value is -1.39. The minimum absolute atomic E-state index is 0.114. The van der Waals surface area contributed by atoms with E-state index < -0.39 is 6.04 Å². The zero-order chi connectivity index (χ0) is 14.4. The number of anilines is 1. The summed E-state index contributed by atoms with van der Waals surface area (Å²) in [6.45, 7) is 4.88. The van der Waals surface area contributed by atoms with E-state index in [4.69, 9.17) is 5.73 Å². The smallest absolute Gasteiger partial charge is 0.241 e. The Bertz CT molecular complexity index is 418. The van der Waals surface area contributed by atoms with Gasteiger partial charge in [0.05, 0.1) is 6.04 Å². The summed E-state index contributed by atoms with van der Waals surface area (Å²) in [5, 5.41) is 2.89. The van der Waals surface area contributed by atoms with Crippen molar-refractivity contribution in [3.63, 3.8) is 0 Å². The maximum Gasteiger partial charge on any atom is 0.241 e. The van der Waals surface area contributed by atoms with E-state index in [-0.39, 0.29) is 11.8 Å². The second-order valence-electron chi connectivity index (χ2n) is 5.34. The lowest BCUT2D eigenvalue weighted by Crippen LogP contribution is -2.40. The van der Waals surface area contributed by atoms with E-state index >= 15 is 0 Å². The maximum absolute atomic E-state index is 12.0. The van der Waals surface area contributed by atoms with Crippen molar-refractivity contribution in [3.05, 3.63) is 29.8 Å². The predicted octanol–water partition coefficient (Wildman–Crippen LogP) is 2.06. The Labute approximate surface area is 116 Å². The molecule has 4 heteroatoms. The second-order valence-corrected chi connectivity index (χ2v) is 5.34. The van der Waals surface area contributed by atoms with Crippen LogP contribution in [0.4, 0.5) is 5.69 Å². The molecular formula is C15H25N3O. The van der Waals surface area contributed by atoms with Gasteiger partial charge in [0, 0.05) is 12.2 Å². The van der Waals surface area contributed by atoms with Gasteiger partial charge in [-0.05, 0) is 37.7 Å². The Balaban J connectivity index is 2.69. The van der Waals surface area contributed by atoms with Gasteiger partial charge in [0.15, 0.2) is 0 Å². The molecule has 3 N–H and O–H groups in total. The fourth-order valence-corrected chi connectivity index (χ4v) is 1.85. The molecule has 0 heterocycles. The molecule has 4 nitrogen and oxygen atoms in total. The molecule has 0 unspecified atom stereocenters. The van der Waals surface area contributed by atoms with Gasteiger partial charge in [-0.2, -0.15) is 0 Å². The first kappa shape index (κ1) is 15.7. The van der Waals surface area contributed by atoms with Gasteiger partial charge in [0.2, 0.25) is 5.91 Å². The second kappa shape index (κ2) is 7.26. The predicted molar refractivity (Wildman–Crippen MR) is 79.9 cm³/mol. The number of nitrogens with zero attached hydrogens (tertiary/aromatic N) is 1. The molecule has 0 saturated heterocycles. The normalized spacial score (nSPS) is 14.2. The van der Waals surface area contributed by atoms with Gasteiger partial charge in [-0.3, -0.25) is 4.79 Å². The fourth-order valence-electron chi connectivity index (χ4n) is 1.85. The van der Waals surface area contributed by atoms with Crippen molar-refractivity contribution in [2.75, 3.05) is 19.4 Å². The molecule has 1 aromatic carbocycles. The molecule has 0 saturated carbocycles. The van der Waals surface area contributed by atoms with Crippen LogP contribution >= 0.6 is 0 Å². The number of benzene rings is 1. The molecule has 0 aromatic heterocycles. The van der Waals surface area contributed by atoms with Gasteiger partial charge in [-0.25, -0.2) is 0 Å². The molecule has 1 amide bonds. The van der Waals surface area contributed by atoms with Crippen LogP contribution in [0.1, 0.15) is 25.8 Å². The number of hydrogen-bond donors (Lipinski definition) is 2. The average molecular weight is 263 g/mol. The minimum atomic E-state index is -0.456. The van der Waals surface area contributed by atoms with E-state index in [0.29, 0.717) is 0 Å². The summed E-state index contributed by atoms with van der Waals surface area (Å²) < 4.78 is 0. The molecule has 1 aromatic rings. The largest absolute Gasteiger partial charge is 0.325 e. The highest BCUT2D eigenvalue weighted by atomic mass is 16.2. The van der Waals surface area contributed by atoms with E-state index in [9.17, 15) is 4.79 Å². The monoisotopic (exact) mass is 263 g/mol. The summed E-state index contributed by atoms with van der Waals surface area (Å²) in [5.74, 6) is 0.0707. The van der Waals surface area contributed by atoms with Crippen LogP contribution in [0.25, 0.3) is 0 Å². The van der Waals surface area contributed by atoms with E-state index in [1.807, 2.05) is 52.2 Å². The Morgan fingerprint density at radius 1 is 1.42 bits per heavy atom. The highest BCUT2D eigenvalue weighted by Crippen LogP contribution is 2.13. The Kier molecular flexibility index (Phi) is 5.99. The summed E-state index contributed by atoms with van der Waals surface area (Å²) in [4.78, 5) is 14.1.